The molecule has 0 saturated carbocycles. The van der Waals surface area contributed by atoms with E-state index >= 15 is 0 Å². The summed E-state index contributed by atoms with van der Waals surface area (Å²) in [5.74, 6) is 0.802. The van der Waals surface area contributed by atoms with Crippen molar-refractivity contribution in [1.29, 1.82) is 0 Å². The van der Waals surface area contributed by atoms with Crippen LogP contribution in [0.15, 0.2) is 24.3 Å². The highest BCUT2D eigenvalue weighted by molar-refractivity contribution is 5.78. The van der Waals surface area contributed by atoms with Gasteiger partial charge in [-0.05, 0) is 48.8 Å². The van der Waals surface area contributed by atoms with Gasteiger partial charge < -0.3 is 14.7 Å². The second-order valence-electron chi connectivity index (χ2n) is 8.66. The van der Waals surface area contributed by atoms with Gasteiger partial charge >= 0.3 is 0 Å². The number of likely N-dealkylation sites (N-methyl/N-ethyl adjacent to an activating group) is 1. The van der Waals surface area contributed by atoms with E-state index in [-0.39, 0.29) is 11.3 Å². The second-order valence-corrected chi connectivity index (χ2v) is 8.66. The summed E-state index contributed by atoms with van der Waals surface area (Å²) in [6.07, 6.45) is 3.71. The van der Waals surface area contributed by atoms with Crippen molar-refractivity contribution in [3.63, 3.8) is 0 Å². The maximum atomic E-state index is 12.9. The Morgan fingerprint density at radius 3 is 2.33 bits per heavy atom. The predicted octanol–water partition coefficient (Wildman–Crippen LogP) is 2.22. The van der Waals surface area contributed by atoms with E-state index < -0.39 is 0 Å². The molecule has 1 unspecified atom stereocenters. The van der Waals surface area contributed by atoms with Crippen LogP contribution in [0, 0.1) is 0 Å². The molecule has 27 heavy (non-hydrogen) atoms. The Morgan fingerprint density at radius 2 is 1.67 bits per heavy atom. The molecule has 0 N–H and O–H groups in total. The Bertz CT molecular complexity index is 716. The molecule has 2 fully saturated rings. The Labute approximate surface area is 162 Å². The lowest BCUT2D eigenvalue weighted by Crippen LogP contribution is -2.47. The molecule has 1 aliphatic carbocycles. The largest absolute Gasteiger partial charge is 0.343 e. The summed E-state index contributed by atoms with van der Waals surface area (Å²) in [6, 6.07) is 8.72. The van der Waals surface area contributed by atoms with Crippen molar-refractivity contribution in [3.05, 3.63) is 35.4 Å². The van der Waals surface area contributed by atoms with Gasteiger partial charge in [0, 0.05) is 52.6 Å². The molecule has 2 amide bonds. The summed E-state index contributed by atoms with van der Waals surface area (Å²) >= 11 is 0. The number of rotatable bonds is 2. The van der Waals surface area contributed by atoms with E-state index in [1.165, 1.54) is 11.1 Å². The van der Waals surface area contributed by atoms with Crippen LogP contribution in [-0.4, -0.2) is 72.8 Å². The fraction of sp³-hybridized carbons (Fsp3) is 0.636. The van der Waals surface area contributed by atoms with Gasteiger partial charge in [-0.25, -0.2) is 0 Å². The van der Waals surface area contributed by atoms with Crippen molar-refractivity contribution in [2.45, 2.75) is 43.9 Å². The molecule has 5 heteroatoms. The molecule has 4 rings (SSSR count). The highest BCUT2D eigenvalue weighted by atomic mass is 16.2. The summed E-state index contributed by atoms with van der Waals surface area (Å²) < 4.78 is 0. The number of benzene rings is 1. The smallest absolute Gasteiger partial charge is 0.223 e. The number of hydrogen-bond donors (Lipinski definition) is 0. The lowest BCUT2D eigenvalue weighted by atomic mass is 9.73. The minimum absolute atomic E-state index is 0.148. The van der Waals surface area contributed by atoms with Crippen molar-refractivity contribution in [1.82, 2.24) is 14.7 Å². The minimum Gasteiger partial charge on any atom is -0.343 e. The zero-order chi connectivity index (χ0) is 19.0. The molecule has 1 atom stereocenters. The Balaban J connectivity index is 1.49. The van der Waals surface area contributed by atoms with E-state index in [2.05, 4.69) is 36.2 Å². The Kier molecular flexibility index (Phi) is 4.97. The maximum absolute atomic E-state index is 12.9. The fourth-order valence-electron chi connectivity index (χ4n) is 5.33. The zero-order valence-corrected chi connectivity index (χ0v) is 16.6. The lowest BCUT2D eigenvalue weighted by Gasteiger charge is -2.40. The van der Waals surface area contributed by atoms with Crippen LogP contribution in [0.2, 0.25) is 0 Å². The summed E-state index contributed by atoms with van der Waals surface area (Å²) in [5.41, 5.74) is 2.95. The number of amides is 2. The van der Waals surface area contributed by atoms with Gasteiger partial charge in [0.15, 0.2) is 0 Å². The van der Waals surface area contributed by atoms with Crippen LogP contribution >= 0.6 is 0 Å². The topological polar surface area (TPSA) is 43.9 Å². The highest BCUT2D eigenvalue weighted by Crippen LogP contribution is 2.52. The van der Waals surface area contributed by atoms with E-state index in [9.17, 15) is 9.59 Å². The van der Waals surface area contributed by atoms with Crippen molar-refractivity contribution in [3.8, 4) is 0 Å². The normalized spacial score (nSPS) is 24.9. The number of piperidine rings is 1. The molecular weight excluding hydrogens is 338 g/mol. The molecule has 5 nitrogen and oxygen atoms in total. The predicted molar refractivity (Wildman–Crippen MR) is 106 cm³/mol. The van der Waals surface area contributed by atoms with Gasteiger partial charge in [-0.1, -0.05) is 24.3 Å². The number of likely N-dealkylation sites (tertiary alicyclic amines) is 1. The van der Waals surface area contributed by atoms with Crippen LogP contribution in [0.1, 0.15) is 49.7 Å². The second kappa shape index (κ2) is 7.27. The molecule has 0 bridgehead atoms. The molecule has 3 aliphatic rings. The van der Waals surface area contributed by atoms with Gasteiger partial charge in [-0.15, -0.1) is 0 Å². The third-order valence-corrected chi connectivity index (χ3v) is 7.05. The van der Waals surface area contributed by atoms with Gasteiger partial charge in [0.05, 0.1) is 0 Å². The first-order valence-corrected chi connectivity index (χ1v) is 10.3. The van der Waals surface area contributed by atoms with Gasteiger partial charge in [-0.3, -0.25) is 9.59 Å². The monoisotopic (exact) mass is 369 g/mol. The highest BCUT2D eigenvalue weighted by Gasteiger charge is 2.46. The molecule has 2 heterocycles. The molecule has 0 radical (unpaired) electrons. The Morgan fingerprint density at radius 1 is 1.00 bits per heavy atom. The average molecular weight is 370 g/mol. The average Bonchev–Trinajstić information content (AvgIpc) is 2.96. The fourth-order valence-corrected chi connectivity index (χ4v) is 5.33. The molecule has 2 saturated heterocycles. The molecule has 1 aromatic carbocycles. The van der Waals surface area contributed by atoms with Crippen molar-refractivity contribution in [2.24, 2.45) is 0 Å². The number of hydrogen-bond acceptors (Lipinski definition) is 3. The molecule has 1 spiro atoms. The first-order chi connectivity index (χ1) is 13.0. The zero-order valence-electron chi connectivity index (χ0n) is 16.6. The molecule has 2 aliphatic heterocycles. The molecule has 146 valence electrons. The van der Waals surface area contributed by atoms with E-state index in [1.807, 2.05) is 9.80 Å². The third kappa shape index (κ3) is 3.49. The Hall–Kier alpha value is -1.88. The molecule has 1 aromatic rings. The first-order valence-electron chi connectivity index (χ1n) is 10.3. The van der Waals surface area contributed by atoms with Crippen molar-refractivity contribution in [2.75, 3.05) is 46.3 Å². The van der Waals surface area contributed by atoms with Crippen LogP contribution in [0.4, 0.5) is 0 Å². The number of fused-ring (bicyclic) bond motifs is 2. The van der Waals surface area contributed by atoms with E-state index in [0.29, 0.717) is 18.2 Å². The van der Waals surface area contributed by atoms with Gasteiger partial charge in [0.25, 0.3) is 0 Å². The summed E-state index contributed by atoms with van der Waals surface area (Å²) in [6.45, 7) is 6.98. The van der Waals surface area contributed by atoms with Gasteiger partial charge in [-0.2, -0.15) is 0 Å². The van der Waals surface area contributed by atoms with Crippen molar-refractivity contribution < 1.29 is 9.59 Å². The third-order valence-electron chi connectivity index (χ3n) is 7.05. The van der Waals surface area contributed by atoms with Crippen LogP contribution < -0.4 is 0 Å². The van der Waals surface area contributed by atoms with Gasteiger partial charge in [0.1, 0.15) is 0 Å². The quantitative estimate of drug-likeness (QED) is 0.803. The van der Waals surface area contributed by atoms with E-state index in [1.54, 1.807) is 6.92 Å². The summed E-state index contributed by atoms with van der Waals surface area (Å²) in [7, 11) is 2.12. The number of piperazine rings is 1. The van der Waals surface area contributed by atoms with Crippen molar-refractivity contribution >= 4 is 11.8 Å². The molecular formula is C22H31N3O2. The van der Waals surface area contributed by atoms with Crippen LogP contribution in [0.25, 0.3) is 0 Å². The summed E-state index contributed by atoms with van der Waals surface area (Å²) in [4.78, 5) is 31.0. The lowest BCUT2D eigenvalue weighted by molar-refractivity contribution is -0.133. The van der Waals surface area contributed by atoms with E-state index in [0.717, 1.165) is 58.5 Å². The minimum atomic E-state index is 0.148. The number of carbonyl (C=O) groups excluding carboxylic acids is 2. The maximum Gasteiger partial charge on any atom is 0.223 e. The number of nitrogens with zero attached hydrogens (tertiary/aromatic N) is 3. The standard InChI is InChI=1S/C22H31N3O2/c1-17(26)24-9-7-22(8-10-24)16-18(19-5-3-4-6-20(19)22)15-21(27)25-13-11-23(2)12-14-25/h3-6,18H,7-16H2,1-2H3. The summed E-state index contributed by atoms with van der Waals surface area (Å²) in [5, 5.41) is 0. The SMILES string of the molecule is CC(=O)N1CCC2(CC1)CC(CC(=O)N1CCN(C)CC1)c1ccccc12. The van der Waals surface area contributed by atoms with E-state index in [4.69, 9.17) is 0 Å². The molecule has 0 aromatic heterocycles. The van der Waals surface area contributed by atoms with Crippen LogP contribution in [0.3, 0.4) is 0 Å². The van der Waals surface area contributed by atoms with Gasteiger partial charge in [0.2, 0.25) is 11.8 Å². The van der Waals surface area contributed by atoms with Crippen LogP contribution in [0.5, 0.6) is 0 Å². The first kappa shape index (κ1) is 18.5. The number of carbonyl (C=O) groups is 2. The van der Waals surface area contributed by atoms with Crippen LogP contribution in [-0.2, 0) is 15.0 Å².